The Kier molecular flexibility index (Phi) is 5.27. The molecule has 0 bridgehead atoms. The summed E-state index contributed by atoms with van der Waals surface area (Å²) in [5.74, 6) is 1.08. The molecule has 1 rings (SSSR count). The van der Waals surface area contributed by atoms with Gasteiger partial charge in [-0.05, 0) is 6.42 Å². The van der Waals surface area contributed by atoms with Gasteiger partial charge in [0.1, 0.15) is 6.04 Å². The van der Waals surface area contributed by atoms with E-state index >= 15 is 0 Å². The summed E-state index contributed by atoms with van der Waals surface area (Å²) in [6.07, 6.45) is 1.73. The van der Waals surface area contributed by atoms with Crippen molar-refractivity contribution in [2.75, 3.05) is 5.75 Å². The molecule has 1 aromatic rings. The van der Waals surface area contributed by atoms with E-state index in [-0.39, 0.29) is 0 Å². The Morgan fingerprint density at radius 1 is 1.69 bits per heavy atom. The van der Waals surface area contributed by atoms with Gasteiger partial charge in [-0.25, -0.2) is 0 Å². The molecule has 1 aromatic heterocycles. The van der Waals surface area contributed by atoms with Crippen LogP contribution in [0.4, 0.5) is 0 Å². The van der Waals surface area contributed by atoms with Crippen LogP contribution in [0.1, 0.15) is 25.1 Å². The van der Waals surface area contributed by atoms with Crippen molar-refractivity contribution in [3.63, 3.8) is 0 Å². The number of nitrogens with two attached hydrogens (primary N) is 1. The van der Waals surface area contributed by atoms with Crippen LogP contribution in [0, 0.1) is 0 Å². The van der Waals surface area contributed by atoms with Gasteiger partial charge in [0.15, 0.2) is 5.82 Å². The van der Waals surface area contributed by atoms with Crippen molar-refractivity contribution in [1.29, 1.82) is 0 Å². The first-order valence-electron chi connectivity index (χ1n) is 5.01. The van der Waals surface area contributed by atoms with E-state index in [0.717, 1.165) is 12.8 Å². The number of carboxylic acid groups (broad SMARTS) is 1. The van der Waals surface area contributed by atoms with Gasteiger partial charge in [-0.3, -0.25) is 4.79 Å². The standard InChI is InChI=1S/C9H15N3O3S/c1-2-3-8-11-7(12-15-8)5-16-4-6(10)9(13)14/h6H,2-5,10H2,1H3,(H,13,14)/t6-/m0/s1. The molecule has 1 atom stereocenters. The number of carboxylic acids is 1. The van der Waals surface area contributed by atoms with Crippen LogP contribution in [0.15, 0.2) is 4.52 Å². The summed E-state index contributed by atoms with van der Waals surface area (Å²) < 4.78 is 4.99. The van der Waals surface area contributed by atoms with E-state index in [9.17, 15) is 4.79 Å². The topological polar surface area (TPSA) is 102 Å². The van der Waals surface area contributed by atoms with Gasteiger partial charge in [0.2, 0.25) is 5.89 Å². The Labute approximate surface area is 97.6 Å². The number of thioether (sulfide) groups is 1. The van der Waals surface area contributed by atoms with Crippen LogP contribution >= 0.6 is 11.8 Å². The number of hydrogen-bond donors (Lipinski definition) is 2. The van der Waals surface area contributed by atoms with E-state index in [4.69, 9.17) is 15.4 Å². The third-order valence-corrected chi connectivity index (χ3v) is 2.88. The van der Waals surface area contributed by atoms with Crippen LogP contribution in [0.3, 0.4) is 0 Å². The number of hydrogen-bond acceptors (Lipinski definition) is 6. The van der Waals surface area contributed by atoms with Crippen molar-refractivity contribution < 1.29 is 14.4 Å². The molecule has 90 valence electrons. The van der Waals surface area contributed by atoms with E-state index in [2.05, 4.69) is 10.1 Å². The Hall–Kier alpha value is -1.08. The molecule has 0 aliphatic rings. The predicted octanol–water partition coefficient (Wildman–Crippen LogP) is 0.667. The van der Waals surface area contributed by atoms with Gasteiger partial charge in [0.05, 0.1) is 5.75 Å². The molecule has 0 saturated heterocycles. The molecule has 7 heteroatoms. The molecular formula is C9H15N3O3S. The Morgan fingerprint density at radius 2 is 2.44 bits per heavy atom. The molecule has 3 N–H and O–H groups in total. The fourth-order valence-electron chi connectivity index (χ4n) is 1.01. The highest BCUT2D eigenvalue weighted by atomic mass is 32.2. The molecule has 0 spiro atoms. The SMILES string of the molecule is CCCc1nc(CSC[C@H](N)C(=O)O)no1. The van der Waals surface area contributed by atoms with E-state index in [1.165, 1.54) is 11.8 Å². The fraction of sp³-hybridized carbons (Fsp3) is 0.667. The lowest BCUT2D eigenvalue weighted by Crippen LogP contribution is -2.32. The van der Waals surface area contributed by atoms with Crippen LogP contribution in [0.2, 0.25) is 0 Å². The smallest absolute Gasteiger partial charge is 0.321 e. The molecule has 0 aliphatic carbocycles. The minimum absolute atomic E-state index is 0.340. The first-order valence-corrected chi connectivity index (χ1v) is 6.16. The number of rotatable bonds is 7. The van der Waals surface area contributed by atoms with E-state index in [0.29, 0.717) is 23.2 Å². The summed E-state index contributed by atoms with van der Waals surface area (Å²) in [6, 6.07) is -0.841. The number of aromatic nitrogens is 2. The third kappa shape index (κ3) is 4.19. The molecule has 6 nitrogen and oxygen atoms in total. The average molecular weight is 245 g/mol. The van der Waals surface area contributed by atoms with Crippen LogP contribution in [0.5, 0.6) is 0 Å². The molecule has 0 unspecified atom stereocenters. The second-order valence-corrected chi connectivity index (χ2v) is 4.34. The average Bonchev–Trinajstić information content (AvgIpc) is 2.66. The summed E-state index contributed by atoms with van der Waals surface area (Å²) in [5.41, 5.74) is 5.35. The molecule has 0 aromatic carbocycles. The molecule has 0 fully saturated rings. The summed E-state index contributed by atoms with van der Waals surface area (Å²) in [6.45, 7) is 2.03. The zero-order valence-corrected chi connectivity index (χ0v) is 9.87. The highest BCUT2D eigenvalue weighted by molar-refractivity contribution is 7.98. The van der Waals surface area contributed by atoms with Crippen molar-refractivity contribution in [2.24, 2.45) is 5.73 Å². The van der Waals surface area contributed by atoms with Crippen molar-refractivity contribution in [1.82, 2.24) is 10.1 Å². The molecule has 1 heterocycles. The summed E-state index contributed by atoms with van der Waals surface area (Å²) in [5, 5.41) is 12.3. The lowest BCUT2D eigenvalue weighted by Gasteiger charge is -2.03. The zero-order chi connectivity index (χ0) is 12.0. The summed E-state index contributed by atoms with van der Waals surface area (Å²) in [4.78, 5) is 14.6. The zero-order valence-electron chi connectivity index (χ0n) is 9.05. The predicted molar refractivity (Wildman–Crippen MR) is 60.1 cm³/mol. The van der Waals surface area contributed by atoms with Gasteiger partial charge in [-0.2, -0.15) is 16.7 Å². The highest BCUT2D eigenvalue weighted by Crippen LogP contribution is 2.10. The van der Waals surface area contributed by atoms with E-state index < -0.39 is 12.0 Å². The van der Waals surface area contributed by atoms with Crippen molar-refractivity contribution in [3.8, 4) is 0 Å². The minimum atomic E-state index is -0.993. The molecule has 0 saturated carbocycles. The first kappa shape index (κ1) is 13.0. The van der Waals surface area contributed by atoms with Gasteiger partial charge in [-0.1, -0.05) is 12.1 Å². The van der Waals surface area contributed by atoms with Crippen molar-refractivity contribution >= 4 is 17.7 Å². The van der Waals surface area contributed by atoms with Crippen LogP contribution in [-0.4, -0.2) is 33.0 Å². The maximum Gasteiger partial charge on any atom is 0.321 e. The second-order valence-electron chi connectivity index (χ2n) is 3.31. The van der Waals surface area contributed by atoms with Gasteiger partial charge in [0, 0.05) is 12.2 Å². The minimum Gasteiger partial charge on any atom is -0.480 e. The lowest BCUT2D eigenvalue weighted by atomic mass is 10.3. The maximum absolute atomic E-state index is 10.4. The van der Waals surface area contributed by atoms with Gasteiger partial charge in [0.25, 0.3) is 0 Å². The first-order chi connectivity index (χ1) is 7.63. The quantitative estimate of drug-likeness (QED) is 0.727. The largest absolute Gasteiger partial charge is 0.480 e. The molecule has 0 aliphatic heterocycles. The lowest BCUT2D eigenvalue weighted by molar-refractivity contribution is -0.137. The van der Waals surface area contributed by atoms with E-state index in [1.54, 1.807) is 0 Å². The Morgan fingerprint density at radius 3 is 3.06 bits per heavy atom. The Bertz CT molecular complexity index is 342. The number of carbonyl (C=O) groups is 1. The monoisotopic (exact) mass is 245 g/mol. The van der Waals surface area contributed by atoms with Crippen molar-refractivity contribution in [3.05, 3.63) is 11.7 Å². The van der Waals surface area contributed by atoms with E-state index in [1.807, 2.05) is 6.92 Å². The summed E-state index contributed by atoms with van der Waals surface area (Å²) in [7, 11) is 0. The highest BCUT2D eigenvalue weighted by Gasteiger charge is 2.12. The molecule has 16 heavy (non-hydrogen) atoms. The van der Waals surface area contributed by atoms with Crippen LogP contribution < -0.4 is 5.73 Å². The van der Waals surface area contributed by atoms with Crippen molar-refractivity contribution in [2.45, 2.75) is 31.6 Å². The maximum atomic E-state index is 10.4. The number of aryl methyl sites for hydroxylation is 1. The number of aliphatic carboxylic acids is 1. The normalized spacial score (nSPS) is 12.6. The van der Waals surface area contributed by atoms with Gasteiger partial charge >= 0.3 is 5.97 Å². The summed E-state index contributed by atoms with van der Waals surface area (Å²) >= 11 is 1.38. The van der Waals surface area contributed by atoms with Crippen LogP contribution in [0.25, 0.3) is 0 Å². The number of nitrogens with zero attached hydrogens (tertiary/aromatic N) is 2. The molecule has 0 radical (unpaired) electrons. The van der Waals surface area contributed by atoms with Crippen LogP contribution in [-0.2, 0) is 17.0 Å². The van der Waals surface area contributed by atoms with Gasteiger partial charge in [-0.15, -0.1) is 0 Å². The second kappa shape index (κ2) is 6.49. The fourth-order valence-corrected chi connectivity index (χ4v) is 1.83. The Balaban J connectivity index is 2.29. The van der Waals surface area contributed by atoms with Gasteiger partial charge < -0.3 is 15.4 Å². The third-order valence-electron chi connectivity index (χ3n) is 1.82. The molecular weight excluding hydrogens is 230 g/mol. The molecule has 0 amide bonds.